The lowest BCUT2D eigenvalue weighted by Crippen LogP contribution is -2.37. The minimum atomic E-state index is 0.923. The highest BCUT2D eigenvalue weighted by atomic mass is 15.1. The fraction of sp³-hybridized carbons (Fsp3) is 1.00. The summed E-state index contributed by atoms with van der Waals surface area (Å²) >= 11 is 0. The van der Waals surface area contributed by atoms with Crippen LogP contribution in [0.15, 0.2) is 0 Å². The molecule has 2 rings (SSSR count). The molecular formula is C16H33N3. The molecule has 0 aromatic rings. The number of nitrogens with one attached hydrogen (secondary N) is 1. The zero-order chi connectivity index (χ0) is 13.5. The van der Waals surface area contributed by atoms with Gasteiger partial charge in [0, 0.05) is 0 Å². The average molecular weight is 267 g/mol. The predicted octanol–water partition coefficient (Wildman–Crippen LogP) is 2.04. The molecule has 0 unspecified atom stereocenters. The zero-order valence-electron chi connectivity index (χ0n) is 13.0. The molecule has 19 heavy (non-hydrogen) atoms. The first-order valence-electron chi connectivity index (χ1n) is 8.35. The van der Waals surface area contributed by atoms with Gasteiger partial charge in [-0.05, 0) is 96.8 Å². The Bertz CT molecular complexity index is 204. The number of rotatable bonds is 6. The second kappa shape index (κ2) is 8.23. The number of piperidine rings is 2. The number of hydrogen-bond donors (Lipinski definition) is 1. The summed E-state index contributed by atoms with van der Waals surface area (Å²) in [5.74, 6) is 1.88. The lowest BCUT2D eigenvalue weighted by atomic mass is 9.97. The van der Waals surface area contributed by atoms with Gasteiger partial charge in [0.1, 0.15) is 0 Å². The Morgan fingerprint density at radius 2 is 1.68 bits per heavy atom. The molecule has 0 aliphatic carbocycles. The first-order valence-corrected chi connectivity index (χ1v) is 8.35. The summed E-state index contributed by atoms with van der Waals surface area (Å²) in [5, 5.41) is 3.67. The van der Waals surface area contributed by atoms with Gasteiger partial charge < -0.3 is 15.1 Å². The second-order valence-electron chi connectivity index (χ2n) is 6.83. The van der Waals surface area contributed by atoms with Crippen molar-refractivity contribution in [2.24, 2.45) is 11.8 Å². The minimum Gasteiger partial charge on any atom is -0.316 e. The monoisotopic (exact) mass is 267 g/mol. The fourth-order valence-electron chi connectivity index (χ4n) is 3.29. The molecule has 0 bridgehead atoms. The normalized spacial score (nSPS) is 24.9. The molecule has 112 valence electrons. The van der Waals surface area contributed by atoms with Gasteiger partial charge >= 0.3 is 0 Å². The first kappa shape index (κ1) is 15.3. The Hall–Kier alpha value is -0.120. The van der Waals surface area contributed by atoms with Crippen molar-refractivity contribution in [3.8, 4) is 0 Å². The van der Waals surface area contributed by atoms with Gasteiger partial charge in [0.15, 0.2) is 0 Å². The van der Waals surface area contributed by atoms with E-state index in [9.17, 15) is 0 Å². The standard InChI is InChI=1S/C16H33N3/c1-15-4-12-19(13-5-15)9-3-8-17-14-16-6-10-18(2)11-7-16/h15-17H,3-14H2,1-2H3. The number of nitrogens with zero attached hydrogens (tertiary/aromatic N) is 2. The molecule has 0 amide bonds. The van der Waals surface area contributed by atoms with Crippen molar-refractivity contribution in [2.75, 3.05) is 52.9 Å². The van der Waals surface area contributed by atoms with E-state index in [4.69, 9.17) is 0 Å². The van der Waals surface area contributed by atoms with Crippen molar-refractivity contribution in [1.29, 1.82) is 0 Å². The van der Waals surface area contributed by atoms with Crippen LogP contribution in [0.2, 0.25) is 0 Å². The van der Waals surface area contributed by atoms with Crippen molar-refractivity contribution in [3.63, 3.8) is 0 Å². The van der Waals surface area contributed by atoms with Crippen LogP contribution in [0.4, 0.5) is 0 Å². The van der Waals surface area contributed by atoms with E-state index < -0.39 is 0 Å². The first-order chi connectivity index (χ1) is 9.24. The van der Waals surface area contributed by atoms with E-state index >= 15 is 0 Å². The van der Waals surface area contributed by atoms with E-state index in [1.807, 2.05) is 0 Å². The molecule has 1 N–H and O–H groups in total. The van der Waals surface area contributed by atoms with E-state index in [1.54, 1.807) is 0 Å². The van der Waals surface area contributed by atoms with Crippen molar-refractivity contribution in [1.82, 2.24) is 15.1 Å². The molecule has 3 heteroatoms. The van der Waals surface area contributed by atoms with Crippen LogP contribution in [0, 0.1) is 11.8 Å². The highest BCUT2D eigenvalue weighted by Gasteiger charge is 2.16. The Balaban J connectivity index is 1.44. The number of hydrogen-bond acceptors (Lipinski definition) is 3. The Labute approximate surface area is 119 Å². The third-order valence-electron chi connectivity index (χ3n) is 4.98. The van der Waals surface area contributed by atoms with Crippen molar-refractivity contribution >= 4 is 0 Å². The van der Waals surface area contributed by atoms with Gasteiger partial charge in [-0.2, -0.15) is 0 Å². The average Bonchev–Trinajstić information content (AvgIpc) is 2.43. The van der Waals surface area contributed by atoms with Crippen LogP contribution in [0.3, 0.4) is 0 Å². The Morgan fingerprint density at radius 3 is 2.37 bits per heavy atom. The molecule has 0 aromatic heterocycles. The van der Waals surface area contributed by atoms with Gasteiger partial charge in [-0.1, -0.05) is 6.92 Å². The van der Waals surface area contributed by atoms with Crippen LogP contribution in [0.5, 0.6) is 0 Å². The SMILES string of the molecule is CC1CCN(CCCNCC2CCN(C)CC2)CC1. The summed E-state index contributed by atoms with van der Waals surface area (Å²) in [6.07, 6.45) is 6.90. The summed E-state index contributed by atoms with van der Waals surface area (Å²) in [6, 6.07) is 0. The van der Waals surface area contributed by atoms with Crippen molar-refractivity contribution in [3.05, 3.63) is 0 Å². The molecule has 2 aliphatic rings. The van der Waals surface area contributed by atoms with Crippen molar-refractivity contribution in [2.45, 2.75) is 39.0 Å². The van der Waals surface area contributed by atoms with Crippen LogP contribution in [-0.4, -0.2) is 62.7 Å². The van der Waals surface area contributed by atoms with Crippen LogP contribution in [0.1, 0.15) is 39.0 Å². The molecule has 0 saturated carbocycles. The molecule has 0 aromatic carbocycles. The highest BCUT2D eigenvalue weighted by molar-refractivity contribution is 4.72. The molecule has 2 heterocycles. The highest BCUT2D eigenvalue weighted by Crippen LogP contribution is 2.16. The van der Waals surface area contributed by atoms with E-state index in [1.165, 1.54) is 77.9 Å². The minimum absolute atomic E-state index is 0.923. The summed E-state index contributed by atoms with van der Waals surface area (Å²) in [7, 11) is 2.24. The second-order valence-corrected chi connectivity index (χ2v) is 6.83. The maximum Gasteiger partial charge on any atom is -0.000664 e. The lowest BCUT2D eigenvalue weighted by Gasteiger charge is -2.30. The van der Waals surface area contributed by atoms with Gasteiger partial charge in [-0.25, -0.2) is 0 Å². The predicted molar refractivity (Wildman–Crippen MR) is 82.5 cm³/mol. The topological polar surface area (TPSA) is 18.5 Å². The smallest absolute Gasteiger partial charge is 0.000664 e. The molecule has 0 atom stereocenters. The van der Waals surface area contributed by atoms with Gasteiger partial charge in [0.2, 0.25) is 0 Å². The van der Waals surface area contributed by atoms with E-state index in [0.717, 1.165) is 11.8 Å². The Morgan fingerprint density at radius 1 is 1.00 bits per heavy atom. The van der Waals surface area contributed by atoms with E-state index in [-0.39, 0.29) is 0 Å². The third kappa shape index (κ3) is 5.80. The van der Waals surface area contributed by atoms with Gasteiger partial charge in [-0.15, -0.1) is 0 Å². The molecule has 0 spiro atoms. The van der Waals surface area contributed by atoms with E-state index in [0.29, 0.717) is 0 Å². The third-order valence-corrected chi connectivity index (χ3v) is 4.98. The molecule has 2 aliphatic heterocycles. The van der Waals surface area contributed by atoms with Crippen LogP contribution >= 0.6 is 0 Å². The summed E-state index contributed by atoms with van der Waals surface area (Å²) in [5.41, 5.74) is 0. The molecule has 2 fully saturated rings. The lowest BCUT2D eigenvalue weighted by molar-refractivity contribution is 0.188. The van der Waals surface area contributed by atoms with Crippen LogP contribution in [0.25, 0.3) is 0 Å². The molecular weight excluding hydrogens is 234 g/mol. The zero-order valence-corrected chi connectivity index (χ0v) is 13.0. The molecule has 0 radical (unpaired) electrons. The van der Waals surface area contributed by atoms with Gasteiger partial charge in [-0.3, -0.25) is 0 Å². The number of likely N-dealkylation sites (tertiary alicyclic amines) is 2. The van der Waals surface area contributed by atoms with Crippen molar-refractivity contribution < 1.29 is 0 Å². The van der Waals surface area contributed by atoms with Crippen LogP contribution in [-0.2, 0) is 0 Å². The maximum absolute atomic E-state index is 3.67. The summed E-state index contributed by atoms with van der Waals surface area (Å²) in [6.45, 7) is 11.4. The van der Waals surface area contributed by atoms with Gasteiger partial charge in [0.05, 0.1) is 0 Å². The van der Waals surface area contributed by atoms with Gasteiger partial charge in [0.25, 0.3) is 0 Å². The largest absolute Gasteiger partial charge is 0.316 e. The summed E-state index contributed by atoms with van der Waals surface area (Å²) < 4.78 is 0. The maximum atomic E-state index is 3.67. The molecule has 3 nitrogen and oxygen atoms in total. The van der Waals surface area contributed by atoms with E-state index in [2.05, 4.69) is 29.1 Å². The molecule has 2 saturated heterocycles. The Kier molecular flexibility index (Phi) is 6.62. The van der Waals surface area contributed by atoms with Crippen LogP contribution < -0.4 is 5.32 Å². The fourth-order valence-corrected chi connectivity index (χ4v) is 3.29. The quantitative estimate of drug-likeness (QED) is 0.743. The summed E-state index contributed by atoms with van der Waals surface area (Å²) in [4.78, 5) is 5.10.